The smallest absolute Gasteiger partial charge is 0.312 e. The van der Waals surface area contributed by atoms with Crippen molar-refractivity contribution in [2.75, 3.05) is 13.1 Å². The molecular weight excluding hydrogens is 326 g/mol. The molecule has 0 radical (unpaired) electrons. The van der Waals surface area contributed by atoms with Crippen LogP contribution in [0.25, 0.3) is 0 Å². The summed E-state index contributed by atoms with van der Waals surface area (Å²) in [6.45, 7) is 1.53. The number of carbonyl (C=O) groups is 2. The van der Waals surface area contributed by atoms with Crippen LogP contribution in [-0.4, -0.2) is 45.4 Å². The van der Waals surface area contributed by atoms with Gasteiger partial charge in [-0.3, -0.25) is 9.59 Å². The zero-order valence-electron chi connectivity index (χ0n) is 10.8. The van der Waals surface area contributed by atoms with Crippen molar-refractivity contribution >= 4 is 27.7 Å². The Morgan fingerprint density at radius 1 is 1.30 bits per heavy atom. The molecule has 1 aromatic rings. The summed E-state index contributed by atoms with van der Waals surface area (Å²) in [7, 11) is 0. The van der Waals surface area contributed by atoms with E-state index in [1.54, 1.807) is 11.0 Å². The lowest BCUT2D eigenvalue weighted by molar-refractivity contribution is -0.186. The van der Waals surface area contributed by atoms with E-state index in [9.17, 15) is 9.59 Å². The van der Waals surface area contributed by atoms with Gasteiger partial charge in [0.2, 0.25) is 4.67 Å². The summed E-state index contributed by atoms with van der Waals surface area (Å²) in [6, 6.07) is 1.71. The van der Waals surface area contributed by atoms with Crippen molar-refractivity contribution in [2.45, 2.75) is 31.3 Å². The minimum atomic E-state index is -0.417. The average molecular weight is 340 g/mol. The first-order valence-corrected chi connectivity index (χ1v) is 7.59. The van der Waals surface area contributed by atoms with Crippen LogP contribution in [-0.2, 0) is 16.1 Å². The van der Waals surface area contributed by atoms with Gasteiger partial charge in [-0.2, -0.15) is 0 Å². The highest BCUT2D eigenvalue weighted by molar-refractivity contribution is 9.10. The SMILES string of the molecule is O=C1C(=O)N(C23CC(C2)C3)CCN1Cc1cc(Br)on1. The van der Waals surface area contributed by atoms with Crippen LogP contribution in [0.2, 0.25) is 0 Å². The Bertz CT molecular complexity index is 582. The highest BCUT2D eigenvalue weighted by Crippen LogP contribution is 2.60. The van der Waals surface area contributed by atoms with Crippen LogP contribution in [0.4, 0.5) is 0 Å². The van der Waals surface area contributed by atoms with Crippen LogP contribution >= 0.6 is 15.9 Å². The van der Waals surface area contributed by atoms with Crippen molar-refractivity contribution in [1.29, 1.82) is 0 Å². The lowest BCUT2D eigenvalue weighted by atomic mass is 9.49. The fraction of sp³-hybridized carbons (Fsp3) is 0.615. The molecule has 5 rings (SSSR count). The van der Waals surface area contributed by atoms with E-state index >= 15 is 0 Å². The van der Waals surface area contributed by atoms with Crippen molar-refractivity contribution < 1.29 is 14.1 Å². The summed E-state index contributed by atoms with van der Waals surface area (Å²) in [5.74, 6) is 0.0282. The number of piperazine rings is 1. The molecule has 2 amide bonds. The van der Waals surface area contributed by atoms with E-state index in [0.29, 0.717) is 30.0 Å². The third kappa shape index (κ3) is 1.65. The largest absolute Gasteiger partial charge is 0.349 e. The van der Waals surface area contributed by atoms with E-state index in [1.165, 1.54) is 0 Å². The predicted molar refractivity (Wildman–Crippen MR) is 71.4 cm³/mol. The topological polar surface area (TPSA) is 66.7 Å². The van der Waals surface area contributed by atoms with E-state index in [-0.39, 0.29) is 11.4 Å². The van der Waals surface area contributed by atoms with Crippen LogP contribution in [0.3, 0.4) is 0 Å². The normalized spacial score (nSPS) is 32.1. The first-order valence-electron chi connectivity index (χ1n) is 6.79. The van der Waals surface area contributed by atoms with Crippen LogP contribution < -0.4 is 0 Å². The molecule has 6 nitrogen and oxygen atoms in total. The molecule has 4 fully saturated rings. The van der Waals surface area contributed by atoms with Crippen molar-refractivity contribution in [3.05, 3.63) is 16.4 Å². The van der Waals surface area contributed by atoms with Crippen LogP contribution in [0.5, 0.6) is 0 Å². The second kappa shape index (κ2) is 4.07. The summed E-state index contributed by atoms with van der Waals surface area (Å²) >= 11 is 3.17. The van der Waals surface area contributed by atoms with Crippen molar-refractivity contribution in [2.24, 2.45) is 5.92 Å². The molecule has 1 saturated heterocycles. The number of halogens is 1. The molecular formula is C13H14BrN3O3. The van der Waals surface area contributed by atoms with E-state index in [0.717, 1.165) is 25.2 Å². The first-order chi connectivity index (χ1) is 9.57. The minimum Gasteiger partial charge on any atom is -0.349 e. The zero-order chi connectivity index (χ0) is 13.9. The molecule has 0 aromatic carbocycles. The van der Waals surface area contributed by atoms with E-state index in [4.69, 9.17) is 4.52 Å². The molecule has 2 bridgehead atoms. The fourth-order valence-electron chi connectivity index (χ4n) is 3.60. The van der Waals surface area contributed by atoms with Gasteiger partial charge in [0.1, 0.15) is 5.69 Å². The molecule has 1 aromatic heterocycles. The van der Waals surface area contributed by atoms with Crippen LogP contribution in [0.1, 0.15) is 25.0 Å². The Hall–Kier alpha value is -1.37. The van der Waals surface area contributed by atoms with Gasteiger partial charge in [-0.15, -0.1) is 0 Å². The molecule has 106 valence electrons. The van der Waals surface area contributed by atoms with Gasteiger partial charge < -0.3 is 14.3 Å². The minimum absolute atomic E-state index is 0.0282. The lowest BCUT2D eigenvalue weighted by Crippen LogP contribution is -2.73. The van der Waals surface area contributed by atoms with E-state index in [1.807, 2.05) is 4.90 Å². The Labute approximate surface area is 124 Å². The fourth-order valence-corrected chi connectivity index (χ4v) is 3.93. The van der Waals surface area contributed by atoms with Crippen LogP contribution in [0.15, 0.2) is 15.3 Å². The summed E-state index contributed by atoms with van der Waals surface area (Å²) in [4.78, 5) is 27.9. The molecule has 3 aliphatic carbocycles. The van der Waals surface area contributed by atoms with Gasteiger partial charge in [0.15, 0.2) is 0 Å². The monoisotopic (exact) mass is 339 g/mol. The predicted octanol–water partition coefficient (Wildman–Crippen LogP) is 1.16. The Balaban J connectivity index is 1.46. The molecule has 1 aliphatic heterocycles. The quantitative estimate of drug-likeness (QED) is 0.775. The molecule has 0 N–H and O–H groups in total. The number of carbonyl (C=O) groups excluding carboxylic acids is 2. The Morgan fingerprint density at radius 3 is 2.60 bits per heavy atom. The number of aromatic nitrogens is 1. The number of hydrogen-bond donors (Lipinski definition) is 0. The van der Waals surface area contributed by atoms with Gasteiger partial charge >= 0.3 is 11.8 Å². The average Bonchev–Trinajstić information content (AvgIpc) is 2.70. The van der Waals surface area contributed by atoms with Crippen molar-refractivity contribution in [3.8, 4) is 0 Å². The molecule has 7 heteroatoms. The summed E-state index contributed by atoms with van der Waals surface area (Å²) in [6.07, 6.45) is 3.26. The maximum atomic E-state index is 12.3. The molecule has 0 unspecified atom stereocenters. The molecule has 0 atom stereocenters. The van der Waals surface area contributed by atoms with E-state index < -0.39 is 5.91 Å². The number of hydrogen-bond acceptors (Lipinski definition) is 4. The second-order valence-electron chi connectivity index (χ2n) is 6.01. The second-order valence-corrected chi connectivity index (χ2v) is 6.79. The maximum Gasteiger partial charge on any atom is 0.312 e. The van der Waals surface area contributed by atoms with Crippen LogP contribution in [0, 0.1) is 5.92 Å². The van der Waals surface area contributed by atoms with E-state index in [2.05, 4.69) is 21.1 Å². The lowest BCUT2D eigenvalue weighted by Gasteiger charge is -2.66. The van der Waals surface area contributed by atoms with Gasteiger partial charge in [0, 0.05) is 24.7 Å². The summed E-state index contributed by atoms with van der Waals surface area (Å²) in [5, 5.41) is 3.83. The molecule has 3 saturated carbocycles. The highest BCUT2D eigenvalue weighted by atomic mass is 79.9. The number of amides is 2. The zero-order valence-corrected chi connectivity index (χ0v) is 12.4. The summed E-state index contributed by atoms with van der Waals surface area (Å²) < 4.78 is 5.44. The maximum absolute atomic E-state index is 12.3. The van der Waals surface area contributed by atoms with Gasteiger partial charge in [0.25, 0.3) is 0 Å². The Kier molecular flexibility index (Phi) is 2.52. The molecule has 2 heterocycles. The van der Waals surface area contributed by atoms with Gasteiger partial charge in [-0.25, -0.2) is 0 Å². The third-order valence-corrected chi connectivity index (χ3v) is 5.14. The van der Waals surface area contributed by atoms with Crippen molar-refractivity contribution in [3.63, 3.8) is 0 Å². The number of rotatable bonds is 3. The summed E-state index contributed by atoms with van der Waals surface area (Å²) in [5.41, 5.74) is 0.678. The molecule has 0 spiro atoms. The highest BCUT2D eigenvalue weighted by Gasteiger charge is 2.62. The number of nitrogens with zero attached hydrogens (tertiary/aromatic N) is 3. The standard InChI is InChI=1S/C13H14BrN3O3/c14-10-3-9(15-20-10)7-16-1-2-17(12(19)11(16)18)13-4-8(5-13)6-13/h3,8H,1-2,4-7H2. The van der Waals surface area contributed by atoms with Gasteiger partial charge in [-0.05, 0) is 41.1 Å². The molecule has 4 aliphatic rings. The van der Waals surface area contributed by atoms with Crippen molar-refractivity contribution in [1.82, 2.24) is 15.0 Å². The first kappa shape index (κ1) is 12.4. The van der Waals surface area contributed by atoms with Gasteiger partial charge in [0.05, 0.1) is 6.54 Å². The Morgan fingerprint density at radius 2 is 2.05 bits per heavy atom. The molecule has 20 heavy (non-hydrogen) atoms. The van der Waals surface area contributed by atoms with Gasteiger partial charge in [-0.1, -0.05) is 5.16 Å². The third-order valence-electron chi connectivity index (χ3n) is 4.77.